The van der Waals surface area contributed by atoms with Crippen LogP contribution in [0.4, 0.5) is 0 Å². The number of aromatic nitrogens is 2. The third-order valence-corrected chi connectivity index (χ3v) is 3.43. The first-order valence-electron chi connectivity index (χ1n) is 7.07. The first kappa shape index (κ1) is 14.6. The van der Waals surface area contributed by atoms with E-state index in [1.54, 1.807) is 7.11 Å². The van der Waals surface area contributed by atoms with E-state index >= 15 is 0 Å². The zero-order valence-corrected chi connectivity index (χ0v) is 12.5. The molecule has 0 unspecified atom stereocenters. The fourth-order valence-corrected chi connectivity index (χ4v) is 2.20. The topological polar surface area (TPSA) is 39.1 Å². The van der Waals surface area contributed by atoms with Gasteiger partial charge in [-0.15, -0.1) is 0 Å². The molecule has 0 saturated carbocycles. The Morgan fingerprint density at radius 2 is 2.15 bits per heavy atom. The highest BCUT2D eigenvalue weighted by atomic mass is 16.5. The molecule has 1 aromatic carbocycles. The monoisotopic (exact) mass is 273 g/mol. The second kappa shape index (κ2) is 7.10. The lowest BCUT2D eigenvalue weighted by molar-refractivity contribution is 0.414. The van der Waals surface area contributed by atoms with E-state index in [9.17, 15) is 0 Å². The van der Waals surface area contributed by atoms with Crippen molar-refractivity contribution in [1.82, 2.24) is 14.9 Å². The number of hydrogen-bond acceptors (Lipinski definition) is 3. The van der Waals surface area contributed by atoms with Gasteiger partial charge in [-0.25, -0.2) is 4.98 Å². The average Bonchev–Trinajstić information content (AvgIpc) is 2.86. The minimum absolute atomic E-state index is 0.844. The Kier molecular flexibility index (Phi) is 5.18. The van der Waals surface area contributed by atoms with Crippen molar-refractivity contribution in [2.45, 2.75) is 26.3 Å². The van der Waals surface area contributed by atoms with Crippen LogP contribution in [0.15, 0.2) is 30.6 Å². The zero-order valence-electron chi connectivity index (χ0n) is 12.5. The molecule has 0 radical (unpaired) electrons. The predicted molar refractivity (Wildman–Crippen MR) is 81.0 cm³/mol. The molecule has 1 heterocycles. The Bertz CT molecular complexity index is 548. The molecule has 0 amide bonds. The van der Waals surface area contributed by atoms with Gasteiger partial charge in [-0.05, 0) is 36.2 Å². The number of methoxy groups -OCH3 is 1. The lowest BCUT2D eigenvalue weighted by Crippen LogP contribution is -2.15. The van der Waals surface area contributed by atoms with E-state index in [0.29, 0.717) is 0 Å². The van der Waals surface area contributed by atoms with Gasteiger partial charge in [-0.3, -0.25) is 0 Å². The summed E-state index contributed by atoms with van der Waals surface area (Å²) in [5.74, 6) is 1.98. The highest BCUT2D eigenvalue weighted by Gasteiger charge is 2.08. The van der Waals surface area contributed by atoms with Gasteiger partial charge in [0.1, 0.15) is 11.6 Å². The summed E-state index contributed by atoms with van der Waals surface area (Å²) >= 11 is 0. The van der Waals surface area contributed by atoms with Crippen molar-refractivity contribution in [3.05, 3.63) is 47.5 Å². The van der Waals surface area contributed by atoms with Crippen molar-refractivity contribution in [1.29, 1.82) is 0 Å². The van der Waals surface area contributed by atoms with Gasteiger partial charge >= 0.3 is 0 Å². The highest BCUT2D eigenvalue weighted by molar-refractivity contribution is 5.37. The number of nitrogens with zero attached hydrogens (tertiary/aromatic N) is 2. The standard InChI is InChI=1S/C16H23N3O/c1-4-7-17-12-14-10-15(20-3)6-5-13(14)11-16-18-8-9-19(16)2/h5-6,8-10,17H,4,7,11-12H2,1-3H3. The maximum absolute atomic E-state index is 5.33. The minimum Gasteiger partial charge on any atom is -0.497 e. The van der Waals surface area contributed by atoms with E-state index in [1.165, 1.54) is 11.1 Å². The lowest BCUT2D eigenvalue weighted by atomic mass is 10.0. The third-order valence-electron chi connectivity index (χ3n) is 3.43. The molecule has 108 valence electrons. The average molecular weight is 273 g/mol. The van der Waals surface area contributed by atoms with Crippen molar-refractivity contribution in [3.63, 3.8) is 0 Å². The molecule has 0 fully saturated rings. The number of hydrogen-bond donors (Lipinski definition) is 1. The van der Waals surface area contributed by atoms with E-state index in [-0.39, 0.29) is 0 Å². The smallest absolute Gasteiger partial charge is 0.119 e. The maximum Gasteiger partial charge on any atom is 0.119 e. The molecule has 0 atom stereocenters. The normalized spacial score (nSPS) is 10.8. The molecule has 0 aliphatic heterocycles. The van der Waals surface area contributed by atoms with E-state index in [0.717, 1.165) is 37.5 Å². The van der Waals surface area contributed by atoms with E-state index < -0.39 is 0 Å². The Hall–Kier alpha value is -1.81. The van der Waals surface area contributed by atoms with E-state index in [1.807, 2.05) is 25.5 Å². The Labute approximate surface area is 120 Å². The summed E-state index contributed by atoms with van der Waals surface area (Å²) in [6, 6.07) is 6.26. The molecule has 0 bridgehead atoms. The lowest BCUT2D eigenvalue weighted by Gasteiger charge is -2.12. The van der Waals surface area contributed by atoms with E-state index in [4.69, 9.17) is 4.74 Å². The summed E-state index contributed by atoms with van der Waals surface area (Å²) in [6.07, 6.45) is 5.80. The summed E-state index contributed by atoms with van der Waals surface area (Å²) in [6.45, 7) is 4.07. The SMILES string of the molecule is CCCNCc1cc(OC)ccc1Cc1nccn1C. The van der Waals surface area contributed by atoms with E-state index in [2.05, 4.69) is 33.9 Å². The number of nitrogens with one attached hydrogen (secondary N) is 1. The minimum atomic E-state index is 0.844. The highest BCUT2D eigenvalue weighted by Crippen LogP contribution is 2.20. The van der Waals surface area contributed by atoms with Crippen LogP contribution in [0.5, 0.6) is 5.75 Å². The summed E-state index contributed by atoms with van der Waals surface area (Å²) in [7, 11) is 3.73. The Morgan fingerprint density at radius 1 is 1.30 bits per heavy atom. The molecule has 1 N–H and O–H groups in total. The fraction of sp³-hybridized carbons (Fsp3) is 0.438. The van der Waals surface area contributed by atoms with Crippen molar-refractivity contribution < 1.29 is 4.74 Å². The number of ether oxygens (including phenoxy) is 1. The van der Waals surface area contributed by atoms with Gasteiger partial charge in [0, 0.05) is 32.4 Å². The van der Waals surface area contributed by atoms with Gasteiger partial charge in [0.15, 0.2) is 0 Å². The molecule has 2 rings (SSSR count). The van der Waals surface area contributed by atoms with Gasteiger partial charge in [0.05, 0.1) is 7.11 Å². The van der Waals surface area contributed by atoms with Gasteiger partial charge in [0.2, 0.25) is 0 Å². The van der Waals surface area contributed by atoms with Gasteiger partial charge in [-0.1, -0.05) is 13.0 Å². The first-order chi connectivity index (χ1) is 9.74. The van der Waals surface area contributed by atoms with Crippen molar-refractivity contribution >= 4 is 0 Å². The molecule has 2 aromatic rings. The molecule has 20 heavy (non-hydrogen) atoms. The second-order valence-electron chi connectivity index (χ2n) is 4.94. The van der Waals surface area contributed by atoms with Crippen LogP contribution in [0.25, 0.3) is 0 Å². The van der Waals surface area contributed by atoms with Crippen LogP contribution in [0, 0.1) is 0 Å². The third kappa shape index (κ3) is 3.61. The molecule has 4 nitrogen and oxygen atoms in total. The van der Waals surface area contributed by atoms with Crippen LogP contribution in [0.3, 0.4) is 0 Å². The summed E-state index contributed by atoms with van der Waals surface area (Å²) < 4.78 is 7.39. The quantitative estimate of drug-likeness (QED) is 0.788. The molecule has 0 saturated heterocycles. The van der Waals surface area contributed by atoms with Crippen molar-refractivity contribution in [3.8, 4) is 5.75 Å². The predicted octanol–water partition coefficient (Wildman–Crippen LogP) is 2.52. The number of aryl methyl sites for hydroxylation is 1. The van der Waals surface area contributed by atoms with Crippen molar-refractivity contribution in [2.75, 3.05) is 13.7 Å². The van der Waals surface area contributed by atoms with Crippen molar-refractivity contribution in [2.24, 2.45) is 7.05 Å². The largest absolute Gasteiger partial charge is 0.497 e. The molecular weight excluding hydrogens is 250 g/mol. The molecular formula is C16H23N3O. The van der Waals surface area contributed by atoms with Crippen LogP contribution in [-0.4, -0.2) is 23.2 Å². The first-order valence-corrected chi connectivity index (χ1v) is 7.07. The molecule has 0 spiro atoms. The second-order valence-corrected chi connectivity index (χ2v) is 4.94. The van der Waals surface area contributed by atoms with Gasteiger partial charge < -0.3 is 14.6 Å². The number of benzene rings is 1. The summed E-state index contributed by atoms with van der Waals surface area (Å²) in [4.78, 5) is 4.40. The molecule has 4 heteroatoms. The fourth-order valence-electron chi connectivity index (χ4n) is 2.20. The van der Waals surface area contributed by atoms with Crippen LogP contribution < -0.4 is 10.1 Å². The zero-order chi connectivity index (χ0) is 14.4. The molecule has 0 aliphatic carbocycles. The number of rotatable bonds is 7. The number of imidazole rings is 1. The molecule has 0 aliphatic rings. The van der Waals surface area contributed by atoms with Crippen LogP contribution in [0.2, 0.25) is 0 Å². The van der Waals surface area contributed by atoms with Crippen LogP contribution >= 0.6 is 0 Å². The van der Waals surface area contributed by atoms with Crippen LogP contribution in [0.1, 0.15) is 30.3 Å². The maximum atomic E-state index is 5.33. The summed E-state index contributed by atoms with van der Waals surface area (Å²) in [5.41, 5.74) is 2.57. The Balaban J connectivity index is 2.19. The molecule has 1 aromatic heterocycles. The van der Waals surface area contributed by atoms with Gasteiger partial charge in [-0.2, -0.15) is 0 Å². The Morgan fingerprint density at radius 3 is 2.80 bits per heavy atom. The van der Waals surface area contributed by atoms with Gasteiger partial charge in [0.25, 0.3) is 0 Å². The van der Waals surface area contributed by atoms with Crippen LogP contribution in [-0.2, 0) is 20.0 Å². The summed E-state index contributed by atoms with van der Waals surface area (Å²) in [5, 5.41) is 3.45.